The summed E-state index contributed by atoms with van der Waals surface area (Å²) in [5.41, 5.74) is 9.29. The number of rotatable bonds is 3. The summed E-state index contributed by atoms with van der Waals surface area (Å²) in [5.74, 6) is 1.45. The van der Waals surface area contributed by atoms with Crippen molar-refractivity contribution in [2.75, 3.05) is 12.8 Å². The van der Waals surface area contributed by atoms with Crippen LogP contribution in [0.15, 0.2) is 42.5 Å². The maximum Gasteiger partial charge on any atom is 0.187 e. The van der Waals surface area contributed by atoms with E-state index in [0.717, 1.165) is 22.6 Å². The standard InChI is InChI=1S/C15H15N5O/c1-10-8-13(21-2)6-7-14(10)20-15(17-18-19-20)11-4-3-5-12(16)9-11/h3-9H,16H2,1-2H3. The lowest BCUT2D eigenvalue weighted by Crippen LogP contribution is -2.02. The van der Waals surface area contributed by atoms with E-state index >= 15 is 0 Å². The van der Waals surface area contributed by atoms with Gasteiger partial charge >= 0.3 is 0 Å². The SMILES string of the molecule is COc1ccc(-n2nnnc2-c2cccc(N)c2)c(C)c1. The van der Waals surface area contributed by atoms with Crippen LogP contribution in [-0.2, 0) is 0 Å². The van der Waals surface area contributed by atoms with Crippen molar-refractivity contribution in [2.24, 2.45) is 0 Å². The monoisotopic (exact) mass is 281 g/mol. The first-order chi connectivity index (χ1) is 10.2. The van der Waals surface area contributed by atoms with Crippen LogP contribution in [0.3, 0.4) is 0 Å². The van der Waals surface area contributed by atoms with Crippen molar-refractivity contribution >= 4 is 5.69 Å². The molecule has 0 saturated carbocycles. The quantitative estimate of drug-likeness (QED) is 0.745. The van der Waals surface area contributed by atoms with Crippen LogP contribution < -0.4 is 10.5 Å². The van der Waals surface area contributed by atoms with Crippen LogP contribution in [0.4, 0.5) is 5.69 Å². The van der Waals surface area contributed by atoms with Gasteiger partial charge in [-0.3, -0.25) is 0 Å². The summed E-state index contributed by atoms with van der Waals surface area (Å²) in [7, 11) is 1.64. The molecule has 0 bridgehead atoms. The largest absolute Gasteiger partial charge is 0.497 e. The van der Waals surface area contributed by atoms with Gasteiger partial charge in [-0.25, -0.2) is 0 Å². The first-order valence-corrected chi connectivity index (χ1v) is 6.48. The molecule has 0 aliphatic carbocycles. The minimum absolute atomic E-state index is 0.649. The van der Waals surface area contributed by atoms with E-state index in [9.17, 15) is 0 Å². The molecule has 0 aliphatic heterocycles. The van der Waals surface area contributed by atoms with Crippen LogP contribution in [0, 0.1) is 6.92 Å². The van der Waals surface area contributed by atoms with Gasteiger partial charge in [0.05, 0.1) is 12.8 Å². The van der Waals surface area contributed by atoms with Crippen molar-refractivity contribution in [3.8, 4) is 22.8 Å². The summed E-state index contributed by atoms with van der Waals surface area (Å²) < 4.78 is 6.92. The number of nitrogens with two attached hydrogens (primary N) is 1. The molecule has 0 aliphatic rings. The van der Waals surface area contributed by atoms with Gasteiger partial charge in [-0.05, 0) is 53.2 Å². The predicted molar refractivity (Wildman–Crippen MR) is 80.3 cm³/mol. The average Bonchev–Trinajstić information content (AvgIpc) is 2.96. The normalized spacial score (nSPS) is 10.6. The van der Waals surface area contributed by atoms with E-state index in [0.29, 0.717) is 11.5 Å². The number of anilines is 1. The molecule has 21 heavy (non-hydrogen) atoms. The molecular formula is C15H15N5O. The van der Waals surface area contributed by atoms with Gasteiger partial charge in [0.2, 0.25) is 0 Å². The lowest BCUT2D eigenvalue weighted by molar-refractivity contribution is 0.414. The number of tetrazole rings is 1. The highest BCUT2D eigenvalue weighted by molar-refractivity contribution is 5.63. The van der Waals surface area contributed by atoms with E-state index in [1.54, 1.807) is 11.8 Å². The number of hydrogen-bond donors (Lipinski definition) is 1. The van der Waals surface area contributed by atoms with Gasteiger partial charge in [-0.2, -0.15) is 4.68 Å². The molecule has 3 aromatic rings. The summed E-state index contributed by atoms with van der Waals surface area (Å²) in [4.78, 5) is 0. The summed E-state index contributed by atoms with van der Waals surface area (Å²) in [6.45, 7) is 1.99. The molecule has 0 saturated heterocycles. The fraction of sp³-hybridized carbons (Fsp3) is 0.133. The molecule has 1 aromatic heterocycles. The molecule has 0 atom stereocenters. The Kier molecular flexibility index (Phi) is 3.27. The highest BCUT2D eigenvalue weighted by Gasteiger charge is 2.13. The van der Waals surface area contributed by atoms with Crippen LogP contribution in [-0.4, -0.2) is 27.3 Å². The fourth-order valence-electron chi connectivity index (χ4n) is 2.20. The zero-order chi connectivity index (χ0) is 14.8. The van der Waals surface area contributed by atoms with Crippen molar-refractivity contribution in [3.63, 3.8) is 0 Å². The lowest BCUT2D eigenvalue weighted by atomic mass is 10.1. The van der Waals surface area contributed by atoms with E-state index in [1.807, 2.05) is 49.4 Å². The zero-order valence-corrected chi connectivity index (χ0v) is 11.8. The van der Waals surface area contributed by atoms with Crippen molar-refractivity contribution in [1.29, 1.82) is 0 Å². The van der Waals surface area contributed by atoms with Gasteiger partial charge in [0.1, 0.15) is 5.75 Å². The number of nitrogen functional groups attached to an aromatic ring is 1. The van der Waals surface area contributed by atoms with Crippen molar-refractivity contribution < 1.29 is 4.74 Å². The number of nitrogens with zero attached hydrogens (tertiary/aromatic N) is 4. The Morgan fingerprint density at radius 1 is 1.14 bits per heavy atom. The third-order valence-corrected chi connectivity index (χ3v) is 3.25. The van der Waals surface area contributed by atoms with Crippen LogP contribution >= 0.6 is 0 Å². The Balaban J connectivity index is 2.11. The predicted octanol–water partition coefficient (Wildman–Crippen LogP) is 2.23. The van der Waals surface area contributed by atoms with Gasteiger partial charge in [0, 0.05) is 11.3 Å². The minimum atomic E-state index is 0.649. The molecule has 0 amide bonds. The molecule has 6 heteroatoms. The molecule has 0 fully saturated rings. The molecule has 0 spiro atoms. The van der Waals surface area contributed by atoms with E-state index in [-0.39, 0.29) is 0 Å². The van der Waals surface area contributed by atoms with Crippen molar-refractivity contribution in [1.82, 2.24) is 20.2 Å². The van der Waals surface area contributed by atoms with Crippen LogP contribution in [0.5, 0.6) is 5.75 Å². The van der Waals surface area contributed by atoms with Crippen LogP contribution in [0.25, 0.3) is 17.1 Å². The molecule has 6 nitrogen and oxygen atoms in total. The molecule has 0 radical (unpaired) electrons. The molecule has 2 N–H and O–H groups in total. The zero-order valence-electron chi connectivity index (χ0n) is 11.8. The van der Waals surface area contributed by atoms with Gasteiger partial charge in [0.15, 0.2) is 5.82 Å². The molecule has 0 unspecified atom stereocenters. The van der Waals surface area contributed by atoms with Crippen molar-refractivity contribution in [2.45, 2.75) is 6.92 Å². The summed E-state index contributed by atoms with van der Waals surface area (Å²) in [6.07, 6.45) is 0. The third-order valence-electron chi connectivity index (χ3n) is 3.25. The second-order valence-electron chi connectivity index (χ2n) is 4.69. The Labute approximate surface area is 122 Å². The Hall–Kier alpha value is -2.89. The van der Waals surface area contributed by atoms with Gasteiger partial charge in [0.25, 0.3) is 0 Å². The maximum absolute atomic E-state index is 5.83. The van der Waals surface area contributed by atoms with Crippen molar-refractivity contribution in [3.05, 3.63) is 48.0 Å². The van der Waals surface area contributed by atoms with Crippen LogP contribution in [0.1, 0.15) is 5.56 Å². The van der Waals surface area contributed by atoms with E-state index in [4.69, 9.17) is 10.5 Å². The number of aromatic nitrogens is 4. The summed E-state index contributed by atoms with van der Waals surface area (Å²) in [5, 5.41) is 12.0. The Bertz CT molecular complexity index is 781. The number of benzene rings is 2. The third kappa shape index (κ3) is 2.43. The van der Waals surface area contributed by atoms with E-state index in [1.165, 1.54) is 0 Å². The van der Waals surface area contributed by atoms with Gasteiger partial charge in [-0.1, -0.05) is 12.1 Å². The van der Waals surface area contributed by atoms with Crippen LogP contribution in [0.2, 0.25) is 0 Å². The highest BCUT2D eigenvalue weighted by Crippen LogP contribution is 2.25. The number of ether oxygens (including phenoxy) is 1. The average molecular weight is 281 g/mol. The first-order valence-electron chi connectivity index (χ1n) is 6.48. The summed E-state index contributed by atoms with van der Waals surface area (Å²) >= 11 is 0. The molecule has 2 aromatic carbocycles. The van der Waals surface area contributed by atoms with E-state index < -0.39 is 0 Å². The number of hydrogen-bond acceptors (Lipinski definition) is 5. The second kappa shape index (κ2) is 5.24. The highest BCUT2D eigenvalue weighted by atomic mass is 16.5. The molecule has 1 heterocycles. The maximum atomic E-state index is 5.83. The number of aryl methyl sites for hydroxylation is 1. The molecule has 106 valence electrons. The van der Waals surface area contributed by atoms with Gasteiger partial charge in [-0.15, -0.1) is 5.10 Å². The minimum Gasteiger partial charge on any atom is -0.497 e. The molecule has 3 rings (SSSR count). The Morgan fingerprint density at radius 3 is 2.71 bits per heavy atom. The Morgan fingerprint density at radius 2 is 2.00 bits per heavy atom. The van der Waals surface area contributed by atoms with E-state index in [2.05, 4.69) is 15.5 Å². The smallest absolute Gasteiger partial charge is 0.187 e. The van der Waals surface area contributed by atoms with Gasteiger partial charge < -0.3 is 10.5 Å². The summed E-state index contributed by atoms with van der Waals surface area (Å²) in [6, 6.07) is 13.2. The first kappa shape index (κ1) is 13.1. The lowest BCUT2D eigenvalue weighted by Gasteiger charge is -2.09. The second-order valence-corrected chi connectivity index (χ2v) is 4.69. The number of methoxy groups -OCH3 is 1. The topological polar surface area (TPSA) is 78.8 Å². The fourth-order valence-corrected chi connectivity index (χ4v) is 2.20. The molecular weight excluding hydrogens is 266 g/mol.